The molecule has 1 N–H and O–H groups in total. The van der Waals surface area contributed by atoms with Gasteiger partial charge in [-0.25, -0.2) is 0 Å². The third-order valence-electron chi connectivity index (χ3n) is 3.23. The van der Waals surface area contributed by atoms with Gasteiger partial charge in [0, 0.05) is 36.1 Å². The van der Waals surface area contributed by atoms with Crippen LogP contribution in [0.2, 0.25) is 5.02 Å². The molecule has 0 saturated carbocycles. The van der Waals surface area contributed by atoms with Gasteiger partial charge in [-0.2, -0.15) is 0 Å². The van der Waals surface area contributed by atoms with Crippen LogP contribution in [0.5, 0.6) is 0 Å². The summed E-state index contributed by atoms with van der Waals surface area (Å²) in [6.45, 7) is 3.53. The van der Waals surface area contributed by atoms with Gasteiger partial charge >= 0.3 is 0 Å². The van der Waals surface area contributed by atoms with Gasteiger partial charge in [0.05, 0.1) is 6.54 Å². The van der Waals surface area contributed by atoms with Crippen LogP contribution in [-0.2, 0) is 9.59 Å². The molecule has 1 amide bonds. The minimum Gasteiger partial charge on any atom is -0.325 e. The van der Waals surface area contributed by atoms with Gasteiger partial charge < -0.3 is 5.32 Å². The number of anilines is 1. The van der Waals surface area contributed by atoms with Crippen LogP contribution >= 0.6 is 11.6 Å². The number of benzene rings is 1. The summed E-state index contributed by atoms with van der Waals surface area (Å²) in [5, 5.41) is 3.40. The maximum Gasteiger partial charge on any atom is 0.238 e. The summed E-state index contributed by atoms with van der Waals surface area (Å²) >= 11 is 5.86. The van der Waals surface area contributed by atoms with E-state index in [1.54, 1.807) is 24.3 Å². The Kier molecular flexibility index (Phi) is 4.56. The maximum atomic E-state index is 11.9. The third-order valence-corrected chi connectivity index (χ3v) is 3.47. The van der Waals surface area contributed by atoms with Crippen molar-refractivity contribution in [2.45, 2.75) is 13.3 Å². The molecule has 0 bridgehead atoms. The molecule has 1 aromatic rings. The molecule has 0 spiro atoms. The second kappa shape index (κ2) is 6.17. The van der Waals surface area contributed by atoms with E-state index < -0.39 is 0 Å². The number of carbonyl (C=O) groups excluding carboxylic acids is 2. The summed E-state index contributed by atoms with van der Waals surface area (Å²) in [6, 6.07) is 7.06. The average Bonchev–Trinajstić information content (AvgIpc) is 2.34. The molecule has 1 heterocycles. The zero-order valence-corrected chi connectivity index (χ0v) is 11.6. The predicted molar refractivity (Wildman–Crippen MR) is 75.3 cm³/mol. The molecule has 1 unspecified atom stereocenters. The number of hydrogen-bond acceptors (Lipinski definition) is 3. The lowest BCUT2D eigenvalue weighted by Crippen LogP contribution is -2.43. The van der Waals surface area contributed by atoms with Crippen LogP contribution < -0.4 is 5.32 Å². The molecule has 102 valence electrons. The van der Waals surface area contributed by atoms with E-state index in [-0.39, 0.29) is 17.6 Å². The number of ketones is 1. The highest BCUT2D eigenvalue weighted by atomic mass is 35.5. The molecule has 0 aliphatic carbocycles. The Morgan fingerprint density at radius 1 is 1.53 bits per heavy atom. The van der Waals surface area contributed by atoms with Crippen molar-refractivity contribution in [3.8, 4) is 0 Å². The van der Waals surface area contributed by atoms with Crippen molar-refractivity contribution >= 4 is 29.0 Å². The van der Waals surface area contributed by atoms with Crippen molar-refractivity contribution in [3.63, 3.8) is 0 Å². The zero-order valence-electron chi connectivity index (χ0n) is 10.9. The number of Topliss-reactive ketones (excluding diaryl/α,β-unsaturated/α-hetero) is 1. The minimum absolute atomic E-state index is 0.0210. The molecular weight excluding hydrogens is 264 g/mol. The summed E-state index contributed by atoms with van der Waals surface area (Å²) < 4.78 is 0. The largest absolute Gasteiger partial charge is 0.325 e. The van der Waals surface area contributed by atoms with E-state index in [4.69, 9.17) is 11.6 Å². The lowest BCUT2D eigenvalue weighted by molar-refractivity contribution is -0.127. The highest BCUT2D eigenvalue weighted by Gasteiger charge is 2.24. The Balaban J connectivity index is 1.86. The fourth-order valence-corrected chi connectivity index (χ4v) is 2.40. The Bertz CT molecular complexity index is 490. The predicted octanol–water partition coefficient (Wildman–Crippen LogP) is 2.19. The summed E-state index contributed by atoms with van der Waals surface area (Å²) in [5.74, 6) is 0.225. The van der Waals surface area contributed by atoms with E-state index in [0.717, 1.165) is 0 Å². The lowest BCUT2D eigenvalue weighted by atomic mass is 9.99. The number of amides is 1. The van der Waals surface area contributed by atoms with Crippen molar-refractivity contribution in [3.05, 3.63) is 29.3 Å². The third kappa shape index (κ3) is 4.04. The Morgan fingerprint density at radius 3 is 3.00 bits per heavy atom. The molecule has 1 aromatic carbocycles. The monoisotopic (exact) mass is 280 g/mol. The summed E-state index contributed by atoms with van der Waals surface area (Å²) in [4.78, 5) is 25.3. The van der Waals surface area contributed by atoms with Crippen LogP contribution in [0.1, 0.15) is 13.3 Å². The van der Waals surface area contributed by atoms with E-state index in [1.165, 1.54) is 0 Å². The summed E-state index contributed by atoms with van der Waals surface area (Å²) in [6.07, 6.45) is 0.533. The second-order valence-electron chi connectivity index (χ2n) is 4.91. The normalized spacial score (nSPS) is 20.3. The fraction of sp³-hybridized carbons (Fsp3) is 0.429. The number of carbonyl (C=O) groups is 2. The number of halogens is 1. The number of hydrogen-bond donors (Lipinski definition) is 1. The molecule has 1 fully saturated rings. The Labute approximate surface area is 117 Å². The lowest BCUT2D eigenvalue weighted by Gasteiger charge is -2.29. The second-order valence-corrected chi connectivity index (χ2v) is 5.35. The highest BCUT2D eigenvalue weighted by Crippen LogP contribution is 2.15. The number of likely N-dealkylation sites (tertiary alicyclic amines) is 1. The van der Waals surface area contributed by atoms with Crippen molar-refractivity contribution in [2.75, 3.05) is 25.0 Å². The van der Waals surface area contributed by atoms with Crippen molar-refractivity contribution < 1.29 is 9.59 Å². The first-order chi connectivity index (χ1) is 9.04. The van der Waals surface area contributed by atoms with Gasteiger partial charge in [-0.1, -0.05) is 24.6 Å². The maximum absolute atomic E-state index is 11.9. The molecule has 5 heteroatoms. The van der Waals surface area contributed by atoms with Crippen LogP contribution in [0.4, 0.5) is 5.69 Å². The Morgan fingerprint density at radius 2 is 2.32 bits per heavy atom. The molecule has 2 rings (SSSR count). The van der Waals surface area contributed by atoms with Gasteiger partial charge in [-0.15, -0.1) is 0 Å². The SMILES string of the molecule is CC1CN(CC(=O)Nc2cccc(Cl)c2)CCC1=O. The van der Waals surface area contributed by atoms with Crippen LogP contribution in [0.3, 0.4) is 0 Å². The van der Waals surface area contributed by atoms with Crippen LogP contribution in [0, 0.1) is 5.92 Å². The molecule has 19 heavy (non-hydrogen) atoms. The standard InChI is InChI=1S/C14H17ClN2O2/c1-10-8-17(6-5-13(10)18)9-14(19)16-12-4-2-3-11(15)7-12/h2-4,7,10H,5-6,8-9H2,1H3,(H,16,19). The highest BCUT2D eigenvalue weighted by molar-refractivity contribution is 6.30. The van der Waals surface area contributed by atoms with E-state index >= 15 is 0 Å². The topological polar surface area (TPSA) is 49.4 Å². The molecular formula is C14H17ClN2O2. The van der Waals surface area contributed by atoms with Crippen LogP contribution in [-0.4, -0.2) is 36.2 Å². The van der Waals surface area contributed by atoms with Crippen LogP contribution in [0.15, 0.2) is 24.3 Å². The number of piperidine rings is 1. The summed E-state index contributed by atoms with van der Waals surface area (Å²) in [7, 11) is 0. The number of nitrogens with one attached hydrogen (secondary N) is 1. The average molecular weight is 281 g/mol. The van der Waals surface area contributed by atoms with E-state index in [9.17, 15) is 9.59 Å². The smallest absolute Gasteiger partial charge is 0.238 e. The number of rotatable bonds is 3. The Hall–Kier alpha value is -1.39. The molecule has 1 atom stereocenters. The summed E-state index contributed by atoms with van der Waals surface area (Å²) in [5.41, 5.74) is 0.693. The van der Waals surface area contributed by atoms with Gasteiger partial charge in [0.15, 0.2) is 0 Å². The van der Waals surface area contributed by atoms with Crippen molar-refractivity contribution in [1.29, 1.82) is 0 Å². The first kappa shape index (κ1) is 14.0. The molecule has 1 aliphatic heterocycles. The fourth-order valence-electron chi connectivity index (χ4n) is 2.21. The first-order valence-electron chi connectivity index (χ1n) is 6.35. The van der Waals surface area contributed by atoms with Gasteiger partial charge in [-0.3, -0.25) is 14.5 Å². The molecule has 1 aliphatic rings. The van der Waals surface area contributed by atoms with E-state index in [0.29, 0.717) is 36.8 Å². The van der Waals surface area contributed by atoms with Gasteiger partial charge in [0.2, 0.25) is 5.91 Å². The van der Waals surface area contributed by atoms with E-state index in [1.807, 2.05) is 11.8 Å². The molecule has 0 radical (unpaired) electrons. The van der Waals surface area contributed by atoms with Gasteiger partial charge in [-0.05, 0) is 18.2 Å². The molecule has 0 aromatic heterocycles. The van der Waals surface area contributed by atoms with Crippen LogP contribution in [0.25, 0.3) is 0 Å². The minimum atomic E-state index is -0.0798. The van der Waals surface area contributed by atoms with Gasteiger partial charge in [0.1, 0.15) is 5.78 Å². The molecule has 4 nitrogen and oxygen atoms in total. The zero-order chi connectivity index (χ0) is 13.8. The first-order valence-corrected chi connectivity index (χ1v) is 6.73. The van der Waals surface area contributed by atoms with Crippen molar-refractivity contribution in [2.24, 2.45) is 5.92 Å². The quantitative estimate of drug-likeness (QED) is 0.923. The van der Waals surface area contributed by atoms with Gasteiger partial charge in [0.25, 0.3) is 0 Å². The van der Waals surface area contributed by atoms with E-state index in [2.05, 4.69) is 5.32 Å². The van der Waals surface area contributed by atoms with Crippen molar-refractivity contribution in [1.82, 2.24) is 4.90 Å². The molecule has 1 saturated heterocycles. The number of nitrogens with zero attached hydrogens (tertiary/aromatic N) is 1.